The van der Waals surface area contributed by atoms with Crippen LogP contribution in [0.5, 0.6) is 0 Å². The number of H-pyrrole nitrogens is 2. The highest BCUT2D eigenvalue weighted by Gasteiger charge is 2.27. The van der Waals surface area contributed by atoms with Crippen LogP contribution in [0.1, 0.15) is 223 Å². The molecule has 2 aliphatic rings. The van der Waals surface area contributed by atoms with Crippen LogP contribution in [-0.4, -0.2) is 19.9 Å². The predicted octanol–water partition coefficient (Wildman–Crippen LogP) is 21.8. The van der Waals surface area contributed by atoms with Crippen molar-refractivity contribution in [2.24, 2.45) is 0 Å². The third-order valence-electron chi connectivity index (χ3n) is 17.9. The van der Waals surface area contributed by atoms with Crippen molar-refractivity contribution in [2.75, 3.05) is 0 Å². The van der Waals surface area contributed by atoms with Crippen LogP contribution in [-0.2, 0) is 38.5 Å². The molecule has 0 unspecified atom stereocenters. The molecule has 0 saturated heterocycles. The van der Waals surface area contributed by atoms with Gasteiger partial charge in [0.15, 0.2) is 0 Å². The van der Waals surface area contributed by atoms with Crippen molar-refractivity contribution in [1.82, 2.24) is 19.9 Å². The summed E-state index contributed by atoms with van der Waals surface area (Å²) >= 11 is 3.64. The molecular weight excluding hydrogens is 1080 g/mol. The maximum absolute atomic E-state index is 5.65. The number of benzene rings is 4. The lowest BCUT2D eigenvalue weighted by molar-refractivity contribution is 0.666. The first kappa shape index (κ1) is 59.9. The van der Waals surface area contributed by atoms with Crippen LogP contribution in [0.25, 0.3) is 86.4 Å². The first-order valence-electron chi connectivity index (χ1n) is 32.4. The molecule has 0 amide bonds. The molecule has 7 heterocycles. The van der Waals surface area contributed by atoms with Crippen LogP contribution in [0.3, 0.4) is 0 Å². The number of rotatable bonds is 19. The zero-order valence-corrected chi connectivity index (χ0v) is 54.2. The second kappa shape index (κ2) is 27.2. The molecule has 4 nitrogen and oxygen atoms in total. The predicted molar refractivity (Wildman–Crippen MR) is 374 cm³/mol. The Morgan fingerprint density at radius 3 is 1.29 bits per heavy atom. The fourth-order valence-corrected chi connectivity index (χ4v) is 16.1. The summed E-state index contributed by atoms with van der Waals surface area (Å²) in [4.78, 5) is 23.9. The molecule has 2 N–H and O–H groups in total. The Kier molecular flexibility index (Phi) is 19.0. The molecule has 8 bridgehead atoms. The Morgan fingerprint density at radius 1 is 0.395 bits per heavy atom. The largest absolute Gasteiger partial charge is 0.355 e. The molecule has 11 rings (SSSR count). The topological polar surface area (TPSA) is 57.4 Å². The first-order chi connectivity index (χ1) is 42.2. The van der Waals surface area contributed by atoms with Crippen LogP contribution in [0, 0.1) is 47.4 Å². The van der Waals surface area contributed by atoms with Gasteiger partial charge in [0, 0.05) is 37.4 Å². The van der Waals surface area contributed by atoms with E-state index in [1.807, 2.05) is 22.7 Å². The van der Waals surface area contributed by atoms with E-state index in [0.29, 0.717) is 0 Å². The average Bonchev–Trinajstić information content (AvgIpc) is 1.22. The normalized spacial score (nSPS) is 12.2. The van der Waals surface area contributed by atoms with Crippen LogP contribution in [0.2, 0.25) is 0 Å². The lowest BCUT2D eigenvalue weighted by Gasteiger charge is -2.11. The Morgan fingerprint density at radius 2 is 0.826 bits per heavy atom. The summed E-state index contributed by atoms with van der Waals surface area (Å²) in [6.07, 6.45) is 18.8. The second-order valence-electron chi connectivity index (χ2n) is 23.1. The Bertz CT molecular complexity index is 4430. The summed E-state index contributed by atoms with van der Waals surface area (Å²) in [6.45, 7) is 22.8. The molecule has 6 heteroatoms. The van der Waals surface area contributed by atoms with Gasteiger partial charge in [-0.25, -0.2) is 9.97 Å². The van der Waals surface area contributed by atoms with Gasteiger partial charge in [0.1, 0.15) is 0 Å². The molecule has 0 fully saturated rings. The van der Waals surface area contributed by atoms with E-state index in [2.05, 4.69) is 211 Å². The summed E-state index contributed by atoms with van der Waals surface area (Å²) in [6, 6.07) is 31.5. The van der Waals surface area contributed by atoms with Crippen molar-refractivity contribution in [2.45, 2.75) is 185 Å². The zero-order chi connectivity index (χ0) is 59.8. The van der Waals surface area contributed by atoms with E-state index in [-0.39, 0.29) is 0 Å². The molecule has 9 aromatic rings. The number of allylic oxidation sites excluding steroid dienone is 4. The van der Waals surface area contributed by atoms with E-state index in [1.54, 1.807) is 0 Å². The minimum atomic E-state index is 0.832. The fraction of sp³-hybridized carbons (Fsp3) is 0.350. The van der Waals surface area contributed by atoms with E-state index in [4.69, 9.17) is 9.97 Å². The molecule has 2 aliphatic heterocycles. The lowest BCUT2D eigenvalue weighted by atomic mass is 9.92. The number of aromatic nitrogens is 4. The number of nitrogens with one attached hydrogen (secondary N) is 2. The molecular formula is C80H82N4S2. The van der Waals surface area contributed by atoms with Gasteiger partial charge < -0.3 is 9.97 Å². The molecule has 0 radical (unpaired) electrons. The first-order valence-corrected chi connectivity index (χ1v) is 34.1. The van der Waals surface area contributed by atoms with E-state index in [1.165, 1.54) is 147 Å². The smallest absolute Gasteiger partial charge is 0.0851 e. The summed E-state index contributed by atoms with van der Waals surface area (Å²) in [5.41, 5.74) is 23.7. The number of nitrogens with zero attached hydrogens (tertiary/aromatic N) is 2. The molecule has 0 saturated carbocycles. The van der Waals surface area contributed by atoms with Crippen molar-refractivity contribution < 1.29 is 0 Å². The summed E-state index contributed by atoms with van der Waals surface area (Å²) in [7, 11) is 0. The molecule has 434 valence electrons. The highest BCUT2D eigenvalue weighted by atomic mass is 32.1. The quantitative estimate of drug-likeness (QED) is 0.0482. The maximum Gasteiger partial charge on any atom is 0.0851 e. The standard InChI is InChI=1S/C80H82N4S2/c1-11-21-23-25-33-55-46-57(37-28-27-32-51-40-41-54-43-42-52-35-31-36-53-44-45-67(51)76(54)75(52)53)85-79(55)80-56(34-26-24-22-12-2)47-58(86-80)38-29-30-39-68-77-65(19-9)63(17-7)73(83-77)49-71-61(15-5)59(13-3)69(81-71)48-70-60(14-4)62(16-6)72(82-70)50-74-64(18-8)66(20-10)78(68)84-74/h31,35-36,40-50,81-82H,11-26,33-34H2,1-10H3. The van der Waals surface area contributed by atoms with E-state index >= 15 is 0 Å². The van der Waals surface area contributed by atoms with Crippen molar-refractivity contribution in [3.63, 3.8) is 0 Å². The molecule has 0 aliphatic carbocycles. The number of unbranched alkanes of at least 4 members (excludes halogenated alkanes) is 6. The van der Waals surface area contributed by atoms with Gasteiger partial charge in [0.25, 0.3) is 0 Å². The molecule has 5 aromatic heterocycles. The van der Waals surface area contributed by atoms with Gasteiger partial charge in [0.2, 0.25) is 0 Å². The number of hydrogen-bond donors (Lipinski definition) is 2. The van der Waals surface area contributed by atoms with Crippen molar-refractivity contribution in [1.29, 1.82) is 0 Å². The molecule has 0 atom stereocenters. The third kappa shape index (κ3) is 11.8. The van der Waals surface area contributed by atoms with Crippen molar-refractivity contribution in [3.05, 3.63) is 162 Å². The van der Waals surface area contributed by atoms with Gasteiger partial charge >= 0.3 is 0 Å². The van der Waals surface area contributed by atoms with Crippen LogP contribution < -0.4 is 0 Å². The third-order valence-corrected chi connectivity index (χ3v) is 20.3. The zero-order valence-electron chi connectivity index (χ0n) is 52.5. The van der Waals surface area contributed by atoms with E-state index in [0.717, 1.165) is 132 Å². The summed E-state index contributed by atoms with van der Waals surface area (Å²) < 4.78 is 0. The average molecular weight is 1160 g/mol. The SMILES string of the molecule is CCCCCCc1cc(C#CC#Cc2c3nc(cc4[nH]c(cc5[nH]c(cc6nc2C(CC)=C6CC)c(CC)c5CC)c(CC)c4CC)C(CC)=C3CC)sc1-c1sc(C#CC#Cc2ccc3ccc4cccc5ccc2c3c45)cc1CCCCCC. The number of aromatic amines is 2. The van der Waals surface area contributed by atoms with Crippen molar-refractivity contribution >= 4 is 99.4 Å². The number of hydrogen-bond acceptors (Lipinski definition) is 4. The highest BCUT2D eigenvalue weighted by Crippen LogP contribution is 2.44. The second-order valence-corrected chi connectivity index (χ2v) is 25.2. The van der Waals surface area contributed by atoms with E-state index in [9.17, 15) is 0 Å². The van der Waals surface area contributed by atoms with Gasteiger partial charge in [-0.15, -0.1) is 22.7 Å². The molecule has 86 heavy (non-hydrogen) atoms. The highest BCUT2D eigenvalue weighted by molar-refractivity contribution is 7.23. The van der Waals surface area contributed by atoms with Crippen LogP contribution in [0.15, 0.2) is 84.9 Å². The monoisotopic (exact) mass is 1160 g/mol. The summed E-state index contributed by atoms with van der Waals surface area (Å²) in [5, 5.41) is 7.54. The Balaban J connectivity index is 1.04. The minimum Gasteiger partial charge on any atom is -0.355 e. The van der Waals surface area contributed by atoms with Gasteiger partial charge in [-0.2, -0.15) is 0 Å². The lowest BCUT2D eigenvalue weighted by Crippen LogP contribution is -1.95. The van der Waals surface area contributed by atoms with Gasteiger partial charge in [-0.1, -0.05) is 162 Å². The summed E-state index contributed by atoms with van der Waals surface area (Å²) in [5.74, 6) is 27.8. The Hall–Kier alpha value is -7.84. The van der Waals surface area contributed by atoms with Crippen molar-refractivity contribution in [3.8, 4) is 57.1 Å². The molecule has 0 spiro atoms. The van der Waals surface area contributed by atoms with Gasteiger partial charge in [-0.3, -0.25) is 0 Å². The van der Waals surface area contributed by atoms with Gasteiger partial charge in [0.05, 0.1) is 38.1 Å². The van der Waals surface area contributed by atoms with Crippen LogP contribution in [0.4, 0.5) is 0 Å². The van der Waals surface area contributed by atoms with E-state index < -0.39 is 0 Å². The van der Waals surface area contributed by atoms with Gasteiger partial charge in [-0.05, 0) is 243 Å². The number of fused-ring (bicyclic) bond motifs is 8. The minimum absolute atomic E-state index is 0.832. The van der Waals surface area contributed by atoms with Crippen LogP contribution >= 0.6 is 22.7 Å². The molecule has 4 aromatic carbocycles. The Labute approximate surface area is 519 Å². The maximum atomic E-state index is 5.65. The fourth-order valence-electron chi connectivity index (χ4n) is 13.8. The number of aryl methyl sites for hydroxylation is 6. The number of thiophene rings is 2.